The lowest BCUT2D eigenvalue weighted by Gasteiger charge is -2.27. The van der Waals surface area contributed by atoms with Crippen LogP contribution in [0.1, 0.15) is 31.9 Å². The maximum Gasteiger partial charge on any atom is 0.295 e. The summed E-state index contributed by atoms with van der Waals surface area (Å²) in [4.78, 5) is 52.7. The molecule has 4 aromatic rings. The second-order valence-electron chi connectivity index (χ2n) is 8.97. The molecule has 1 aliphatic rings. The van der Waals surface area contributed by atoms with Crippen LogP contribution in [0.4, 0.5) is 5.69 Å². The number of nitrogens with zero attached hydrogens (tertiary/aromatic N) is 3. The lowest BCUT2D eigenvalue weighted by Crippen LogP contribution is -2.30. The van der Waals surface area contributed by atoms with Gasteiger partial charge in [-0.05, 0) is 41.8 Å². The fourth-order valence-electron chi connectivity index (χ4n) is 4.60. The van der Waals surface area contributed by atoms with Crippen molar-refractivity contribution in [3.05, 3.63) is 78.8 Å². The molecule has 7 heteroatoms. The van der Waals surface area contributed by atoms with Crippen molar-refractivity contribution in [3.8, 4) is 11.3 Å². The number of pyridine rings is 1. The Balaban J connectivity index is 1.60. The highest BCUT2D eigenvalue weighted by atomic mass is 16.2. The molecule has 1 fully saturated rings. The van der Waals surface area contributed by atoms with Gasteiger partial charge in [-0.1, -0.05) is 44.2 Å². The summed E-state index contributed by atoms with van der Waals surface area (Å²) in [6.45, 7) is 3.86. The molecule has 1 amide bonds. The monoisotopic (exact) mass is 452 g/mol. The fraction of sp³-hybridized carbons (Fsp3) is 0.222. The molecule has 7 nitrogen and oxygen atoms in total. The molecule has 2 aromatic carbocycles. The summed E-state index contributed by atoms with van der Waals surface area (Å²) in [5.41, 5.74) is 4.51. The number of anilines is 1. The number of benzene rings is 2. The third-order valence-electron chi connectivity index (χ3n) is 6.16. The minimum Gasteiger partial charge on any atom is -0.345 e. The van der Waals surface area contributed by atoms with Crippen molar-refractivity contribution < 1.29 is 14.4 Å². The van der Waals surface area contributed by atoms with E-state index in [2.05, 4.69) is 15.0 Å². The van der Waals surface area contributed by atoms with Crippen LogP contribution in [0.15, 0.2) is 73.2 Å². The first-order valence-electron chi connectivity index (χ1n) is 11.3. The smallest absolute Gasteiger partial charge is 0.295 e. The number of Topliss-reactive ketones (excluding diaryl/α,β-unsaturated/α-hetero) is 2. The number of aromatic nitrogens is 3. The highest BCUT2D eigenvalue weighted by Crippen LogP contribution is 2.41. The molecule has 2 unspecified atom stereocenters. The standard InChI is InChI=1S/C27H24N4O3/c1-16(2)13-23(32)24-25(18-8-6-17(7-9-18)20-5-3-4-12-28-20)31(27(34)26(24)33)19-10-11-21-22(14-19)30-15-29-21/h3-12,14-16,24-25H,13H2,1-2H3,(H,29,30). The normalized spacial score (nSPS) is 18.3. The fourth-order valence-corrected chi connectivity index (χ4v) is 4.60. The summed E-state index contributed by atoms with van der Waals surface area (Å²) in [5.74, 6) is -2.50. The lowest BCUT2D eigenvalue weighted by atomic mass is 9.85. The maximum absolute atomic E-state index is 13.2. The van der Waals surface area contributed by atoms with Crippen LogP contribution in [-0.4, -0.2) is 32.4 Å². The zero-order valence-corrected chi connectivity index (χ0v) is 18.9. The number of imidazole rings is 1. The number of aromatic amines is 1. The summed E-state index contributed by atoms with van der Waals surface area (Å²) < 4.78 is 0. The number of carbonyl (C=O) groups is 3. The van der Waals surface area contributed by atoms with Gasteiger partial charge in [-0.15, -0.1) is 0 Å². The molecule has 170 valence electrons. The van der Waals surface area contributed by atoms with Crippen LogP contribution in [0.2, 0.25) is 0 Å². The highest BCUT2D eigenvalue weighted by molar-refractivity contribution is 6.48. The van der Waals surface area contributed by atoms with E-state index in [1.54, 1.807) is 30.7 Å². The highest BCUT2D eigenvalue weighted by Gasteiger charge is 2.51. The molecule has 0 bridgehead atoms. The number of ketones is 2. The van der Waals surface area contributed by atoms with E-state index in [0.29, 0.717) is 5.69 Å². The average molecular weight is 453 g/mol. The zero-order valence-electron chi connectivity index (χ0n) is 18.9. The van der Waals surface area contributed by atoms with Crippen molar-refractivity contribution in [1.29, 1.82) is 0 Å². The van der Waals surface area contributed by atoms with Crippen LogP contribution in [-0.2, 0) is 14.4 Å². The molecule has 1 aliphatic heterocycles. The topological polar surface area (TPSA) is 96.0 Å². The van der Waals surface area contributed by atoms with Crippen molar-refractivity contribution in [2.75, 3.05) is 4.90 Å². The lowest BCUT2D eigenvalue weighted by molar-refractivity contribution is -0.139. The summed E-state index contributed by atoms with van der Waals surface area (Å²) >= 11 is 0. The molecule has 2 atom stereocenters. The van der Waals surface area contributed by atoms with Gasteiger partial charge in [-0.25, -0.2) is 4.98 Å². The minimum absolute atomic E-state index is 0.0815. The second kappa shape index (κ2) is 8.67. The summed E-state index contributed by atoms with van der Waals surface area (Å²) in [6, 6.07) is 17.9. The van der Waals surface area contributed by atoms with E-state index >= 15 is 0 Å². The summed E-state index contributed by atoms with van der Waals surface area (Å²) in [5, 5.41) is 0. The number of amides is 1. The van der Waals surface area contributed by atoms with Gasteiger partial charge in [0.15, 0.2) is 0 Å². The molecule has 2 aromatic heterocycles. The quantitative estimate of drug-likeness (QED) is 0.343. The van der Waals surface area contributed by atoms with Crippen LogP contribution in [0.5, 0.6) is 0 Å². The molecule has 3 heterocycles. The SMILES string of the molecule is CC(C)CC(=O)C1C(=O)C(=O)N(c2ccc3nc[nH]c3c2)C1c1ccc(-c2ccccn2)cc1. The van der Waals surface area contributed by atoms with E-state index in [9.17, 15) is 14.4 Å². The molecular formula is C27H24N4O3. The number of H-pyrrole nitrogens is 1. The Morgan fingerprint density at radius 1 is 1.03 bits per heavy atom. The van der Waals surface area contributed by atoms with Gasteiger partial charge in [0, 0.05) is 23.9 Å². The number of nitrogens with one attached hydrogen (secondary N) is 1. The van der Waals surface area contributed by atoms with E-state index in [0.717, 1.165) is 27.9 Å². The molecule has 0 saturated carbocycles. The minimum atomic E-state index is -1.05. The van der Waals surface area contributed by atoms with Gasteiger partial charge >= 0.3 is 0 Å². The van der Waals surface area contributed by atoms with Crippen LogP contribution >= 0.6 is 0 Å². The Kier molecular flexibility index (Phi) is 5.53. The van der Waals surface area contributed by atoms with E-state index in [4.69, 9.17) is 0 Å². The largest absolute Gasteiger partial charge is 0.345 e. The van der Waals surface area contributed by atoms with Crippen LogP contribution in [0.25, 0.3) is 22.3 Å². The number of carbonyl (C=O) groups excluding carboxylic acids is 3. The van der Waals surface area contributed by atoms with Crippen molar-refractivity contribution in [1.82, 2.24) is 15.0 Å². The van der Waals surface area contributed by atoms with Gasteiger partial charge in [-0.3, -0.25) is 24.3 Å². The van der Waals surface area contributed by atoms with Gasteiger partial charge in [0.25, 0.3) is 5.91 Å². The van der Waals surface area contributed by atoms with Crippen LogP contribution in [0, 0.1) is 11.8 Å². The number of fused-ring (bicyclic) bond motifs is 1. The van der Waals surface area contributed by atoms with Gasteiger partial charge < -0.3 is 4.98 Å². The Hall–Kier alpha value is -4.13. The average Bonchev–Trinajstić information content (AvgIpc) is 3.41. The summed E-state index contributed by atoms with van der Waals surface area (Å²) in [7, 11) is 0. The predicted molar refractivity (Wildman–Crippen MR) is 129 cm³/mol. The Bertz CT molecular complexity index is 1380. The van der Waals surface area contributed by atoms with Crippen LogP contribution < -0.4 is 4.90 Å². The summed E-state index contributed by atoms with van der Waals surface area (Å²) in [6.07, 6.45) is 3.54. The molecule has 0 aliphatic carbocycles. The van der Waals surface area contributed by atoms with Gasteiger partial charge in [0.05, 0.1) is 29.1 Å². The van der Waals surface area contributed by atoms with E-state index in [1.807, 2.05) is 56.3 Å². The van der Waals surface area contributed by atoms with E-state index < -0.39 is 23.7 Å². The van der Waals surface area contributed by atoms with Crippen molar-refractivity contribution >= 4 is 34.2 Å². The number of rotatable bonds is 6. The molecule has 1 saturated heterocycles. The van der Waals surface area contributed by atoms with Crippen molar-refractivity contribution in [2.45, 2.75) is 26.3 Å². The molecule has 0 spiro atoms. The molecule has 1 N–H and O–H groups in total. The molecule has 0 radical (unpaired) electrons. The maximum atomic E-state index is 13.2. The van der Waals surface area contributed by atoms with E-state index in [1.165, 1.54) is 4.90 Å². The third-order valence-corrected chi connectivity index (χ3v) is 6.16. The Morgan fingerprint density at radius 3 is 2.53 bits per heavy atom. The van der Waals surface area contributed by atoms with Gasteiger partial charge in [0.2, 0.25) is 5.78 Å². The zero-order chi connectivity index (χ0) is 23.8. The molecular weight excluding hydrogens is 428 g/mol. The number of hydrogen-bond acceptors (Lipinski definition) is 5. The third kappa shape index (κ3) is 3.79. The van der Waals surface area contributed by atoms with Crippen LogP contribution in [0.3, 0.4) is 0 Å². The van der Waals surface area contributed by atoms with Gasteiger partial charge in [0.1, 0.15) is 11.7 Å². The van der Waals surface area contributed by atoms with Crippen molar-refractivity contribution in [2.24, 2.45) is 11.8 Å². The molecule has 5 rings (SSSR count). The Morgan fingerprint density at radius 2 is 1.82 bits per heavy atom. The first-order chi connectivity index (χ1) is 16.4. The first kappa shape index (κ1) is 21.7. The predicted octanol–water partition coefficient (Wildman–Crippen LogP) is 4.51. The molecule has 34 heavy (non-hydrogen) atoms. The van der Waals surface area contributed by atoms with Gasteiger partial charge in [-0.2, -0.15) is 0 Å². The van der Waals surface area contributed by atoms with Crippen molar-refractivity contribution in [3.63, 3.8) is 0 Å². The Labute approximate surface area is 196 Å². The number of hydrogen-bond donors (Lipinski definition) is 1. The van der Waals surface area contributed by atoms with E-state index in [-0.39, 0.29) is 18.1 Å². The second-order valence-corrected chi connectivity index (χ2v) is 8.97. The first-order valence-corrected chi connectivity index (χ1v) is 11.3.